The zero-order valence-corrected chi connectivity index (χ0v) is 15.4. The van der Waals surface area contributed by atoms with Crippen molar-refractivity contribution in [3.05, 3.63) is 96.1 Å². The first kappa shape index (κ1) is 16.6. The third-order valence-corrected chi connectivity index (χ3v) is 5.02. The Bertz CT molecular complexity index is 920. The highest BCUT2D eigenvalue weighted by atomic mass is 32.2. The monoisotopic (exact) mass is 357 g/mol. The van der Waals surface area contributed by atoms with Gasteiger partial charge in [-0.2, -0.15) is 0 Å². The second-order valence-corrected chi connectivity index (χ2v) is 7.05. The Hall–Kier alpha value is -2.85. The molecule has 0 radical (unpaired) electrons. The van der Waals surface area contributed by atoms with Gasteiger partial charge in [0.15, 0.2) is 5.82 Å². The van der Waals surface area contributed by atoms with Crippen LogP contribution in [0.15, 0.2) is 90.1 Å². The molecule has 0 atom stereocenters. The molecular formula is C22H19N3S. The summed E-state index contributed by atoms with van der Waals surface area (Å²) in [6.45, 7) is 2.10. The Balaban J connectivity index is 1.66. The normalized spacial score (nSPS) is 10.8. The minimum atomic E-state index is 0.785. The molecule has 0 aliphatic heterocycles. The zero-order valence-electron chi connectivity index (χ0n) is 14.5. The van der Waals surface area contributed by atoms with E-state index in [1.807, 2.05) is 41.1 Å². The average molecular weight is 357 g/mol. The van der Waals surface area contributed by atoms with Gasteiger partial charge in [-0.05, 0) is 24.6 Å². The van der Waals surface area contributed by atoms with Crippen LogP contribution in [0.25, 0.3) is 17.1 Å². The van der Waals surface area contributed by atoms with Crippen LogP contribution in [0.4, 0.5) is 0 Å². The minimum Gasteiger partial charge on any atom is -0.212 e. The number of para-hydroxylation sites is 1. The zero-order chi connectivity index (χ0) is 17.8. The first-order valence-corrected chi connectivity index (χ1v) is 9.54. The van der Waals surface area contributed by atoms with Crippen LogP contribution in [0, 0.1) is 6.92 Å². The van der Waals surface area contributed by atoms with E-state index in [9.17, 15) is 0 Å². The maximum Gasteiger partial charge on any atom is 0.209 e. The van der Waals surface area contributed by atoms with E-state index in [4.69, 9.17) is 10.1 Å². The van der Waals surface area contributed by atoms with E-state index in [0.29, 0.717) is 0 Å². The largest absolute Gasteiger partial charge is 0.212 e. The molecule has 0 amide bonds. The van der Waals surface area contributed by atoms with Gasteiger partial charge in [0.1, 0.15) is 0 Å². The predicted octanol–water partition coefficient (Wildman–Crippen LogP) is 5.54. The van der Waals surface area contributed by atoms with E-state index in [-0.39, 0.29) is 0 Å². The van der Waals surface area contributed by atoms with Crippen molar-refractivity contribution in [2.45, 2.75) is 17.8 Å². The Labute approximate surface area is 157 Å². The lowest BCUT2D eigenvalue weighted by Gasteiger charge is -2.05. The van der Waals surface area contributed by atoms with Crippen LogP contribution in [-0.2, 0) is 5.75 Å². The number of benzene rings is 3. The molecule has 4 rings (SSSR count). The van der Waals surface area contributed by atoms with E-state index >= 15 is 0 Å². The number of hydrogen-bond donors (Lipinski definition) is 0. The van der Waals surface area contributed by atoms with Gasteiger partial charge in [-0.1, -0.05) is 90.1 Å². The fourth-order valence-corrected chi connectivity index (χ4v) is 3.49. The molecule has 1 aromatic heterocycles. The molecule has 0 bridgehead atoms. The highest BCUT2D eigenvalue weighted by molar-refractivity contribution is 7.98. The van der Waals surface area contributed by atoms with Crippen molar-refractivity contribution >= 4 is 11.8 Å². The summed E-state index contributed by atoms with van der Waals surface area (Å²) in [7, 11) is 0. The molecule has 3 aromatic carbocycles. The first-order valence-electron chi connectivity index (χ1n) is 8.56. The number of aromatic nitrogens is 3. The summed E-state index contributed by atoms with van der Waals surface area (Å²) in [5.74, 6) is 1.72. The molecule has 4 aromatic rings. The topological polar surface area (TPSA) is 30.7 Å². The molecule has 1 heterocycles. The van der Waals surface area contributed by atoms with E-state index < -0.39 is 0 Å². The summed E-state index contributed by atoms with van der Waals surface area (Å²) < 4.78 is 1.92. The third-order valence-electron chi connectivity index (χ3n) is 4.11. The molecule has 0 spiro atoms. The molecule has 3 nitrogen and oxygen atoms in total. The van der Waals surface area contributed by atoms with Crippen LogP contribution in [0.2, 0.25) is 0 Å². The van der Waals surface area contributed by atoms with Crippen LogP contribution in [0.5, 0.6) is 0 Å². The van der Waals surface area contributed by atoms with Gasteiger partial charge in [0.2, 0.25) is 5.16 Å². The molecule has 0 aliphatic carbocycles. The second kappa shape index (κ2) is 7.58. The number of nitrogens with zero attached hydrogens (tertiary/aromatic N) is 3. The summed E-state index contributed by atoms with van der Waals surface area (Å²) in [4.78, 5) is 4.80. The third kappa shape index (κ3) is 3.70. The molecule has 0 saturated heterocycles. The van der Waals surface area contributed by atoms with Crippen molar-refractivity contribution in [1.29, 1.82) is 0 Å². The van der Waals surface area contributed by atoms with E-state index in [1.165, 1.54) is 11.1 Å². The summed E-state index contributed by atoms with van der Waals surface area (Å²) in [5, 5.41) is 5.54. The van der Waals surface area contributed by atoms with Crippen LogP contribution < -0.4 is 0 Å². The number of aryl methyl sites for hydroxylation is 1. The predicted molar refractivity (Wildman–Crippen MR) is 108 cm³/mol. The summed E-state index contributed by atoms with van der Waals surface area (Å²) in [6.07, 6.45) is 0. The first-order chi connectivity index (χ1) is 12.8. The van der Waals surface area contributed by atoms with Gasteiger partial charge in [0, 0.05) is 11.3 Å². The summed E-state index contributed by atoms with van der Waals surface area (Å²) in [5.41, 5.74) is 4.63. The molecule has 4 heteroatoms. The second-order valence-electron chi connectivity index (χ2n) is 6.11. The van der Waals surface area contributed by atoms with Crippen molar-refractivity contribution in [1.82, 2.24) is 14.8 Å². The quantitative estimate of drug-likeness (QED) is 0.440. The number of rotatable bonds is 5. The van der Waals surface area contributed by atoms with Crippen LogP contribution in [-0.4, -0.2) is 14.8 Å². The Morgan fingerprint density at radius 1 is 0.808 bits per heavy atom. The lowest BCUT2D eigenvalue weighted by molar-refractivity contribution is 0.839. The van der Waals surface area contributed by atoms with Crippen LogP contribution in [0.3, 0.4) is 0 Å². The molecule has 0 N–H and O–H groups in total. The van der Waals surface area contributed by atoms with E-state index in [2.05, 4.69) is 55.5 Å². The van der Waals surface area contributed by atoms with Crippen LogP contribution in [0.1, 0.15) is 11.1 Å². The van der Waals surface area contributed by atoms with Gasteiger partial charge < -0.3 is 0 Å². The van der Waals surface area contributed by atoms with Crippen molar-refractivity contribution in [2.24, 2.45) is 0 Å². The summed E-state index contributed by atoms with van der Waals surface area (Å²) in [6, 6.07) is 29.0. The molecule has 0 fully saturated rings. The van der Waals surface area contributed by atoms with Gasteiger partial charge in [-0.3, -0.25) is 0 Å². The highest BCUT2D eigenvalue weighted by Crippen LogP contribution is 2.26. The molecule has 0 saturated carbocycles. The molecule has 0 unspecified atom stereocenters. The van der Waals surface area contributed by atoms with Crippen molar-refractivity contribution < 1.29 is 0 Å². The Morgan fingerprint density at radius 2 is 1.46 bits per heavy atom. The van der Waals surface area contributed by atoms with Gasteiger partial charge in [0.25, 0.3) is 0 Å². The number of thioether (sulfide) groups is 1. The van der Waals surface area contributed by atoms with E-state index in [0.717, 1.165) is 28.0 Å². The minimum absolute atomic E-state index is 0.785. The standard InChI is InChI=1S/C22H19N3S/c1-17-12-14-18(15-13-17)16-26-22-23-21(19-8-4-2-5-9-19)25(24-22)20-10-6-3-7-11-20/h2-15H,16H2,1H3. The van der Waals surface area contributed by atoms with Gasteiger partial charge >= 0.3 is 0 Å². The van der Waals surface area contributed by atoms with E-state index in [1.54, 1.807) is 11.8 Å². The molecular weight excluding hydrogens is 338 g/mol. The fraction of sp³-hybridized carbons (Fsp3) is 0.0909. The van der Waals surface area contributed by atoms with Crippen molar-refractivity contribution in [3.63, 3.8) is 0 Å². The van der Waals surface area contributed by atoms with Crippen molar-refractivity contribution in [3.8, 4) is 17.1 Å². The number of hydrogen-bond acceptors (Lipinski definition) is 3. The maximum absolute atomic E-state index is 4.80. The highest BCUT2D eigenvalue weighted by Gasteiger charge is 2.13. The average Bonchev–Trinajstić information content (AvgIpc) is 3.13. The fourth-order valence-electron chi connectivity index (χ4n) is 2.71. The smallest absolute Gasteiger partial charge is 0.209 e. The lowest BCUT2D eigenvalue weighted by atomic mass is 10.2. The van der Waals surface area contributed by atoms with Gasteiger partial charge in [-0.15, -0.1) is 5.10 Å². The Morgan fingerprint density at radius 3 is 2.15 bits per heavy atom. The summed E-state index contributed by atoms with van der Waals surface area (Å²) >= 11 is 1.66. The molecule has 26 heavy (non-hydrogen) atoms. The molecule has 0 aliphatic rings. The van der Waals surface area contributed by atoms with Crippen LogP contribution >= 0.6 is 11.8 Å². The SMILES string of the molecule is Cc1ccc(CSc2nc(-c3ccccc3)n(-c3ccccc3)n2)cc1. The van der Waals surface area contributed by atoms with Gasteiger partial charge in [0.05, 0.1) is 5.69 Å². The lowest BCUT2D eigenvalue weighted by Crippen LogP contribution is -1.99. The molecule has 128 valence electrons. The van der Waals surface area contributed by atoms with Gasteiger partial charge in [-0.25, -0.2) is 9.67 Å². The maximum atomic E-state index is 4.80. The van der Waals surface area contributed by atoms with Crippen molar-refractivity contribution in [2.75, 3.05) is 0 Å². The Kier molecular flexibility index (Phi) is 4.84.